The lowest BCUT2D eigenvalue weighted by molar-refractivity contribution is -0.136. The Morgan fingerprint density at radius 1 is 0.872 bits per heavy atom. The predicted octanol–water partition coefficient (Wildman–Crippen LogP) is 4.82. The second kappa shape index (κ2) is 13.5. The first kappa shape index (κ1) is 27.7. The zero-order valence-electron chi connectivity index (χ0n) is 21.0. The summed E-state index contributed by atoms with van der Waals surface area (Å²) < 4.78 is 6.12. The van der Waals surface area contributed by atoms with Crippen LogP contribution < -0.4 is 20.8 Å². The summed E-state index contributed by atoms with van der Waals surface area (Å²) in [5.74, 6) is -2.40. The highest BCUT2D eigenvalue weighted by Gasteiger charge is 2.21. The number of para-hydroxylation sites is 1. The van der Waals surface area contributed by atoms with E-state index in [4.69, 9.17) is 4.74 Å². The summed E-state index contributed by atoms with van der Waals surface area (Å²) in [5, 5.41) is 9.30. The summed E-state index contributed by atoms with van der Waals surface area (Å²) in [4.78, 5) is 49.7. The highest BCUT2D eigenvalue weighted by molar-refractivity contribution is 9.10. The summed E-state index contributed by atoms with van der Waals surface area (Å²) in [5.41, 5.74) is 3.70. The molecule has 0 aliphatic heterocycles. The maximum Gasteiger partial charge on any atom is 0.343 e. The molecule has 1 aliphatic carbocycles. The zero-order chi connectivity index (χ0) is 27.6. The van der Waals surface area contributed by atoms with Gasteiger partial charge in [-0.2, -0.15) is 5.10 Å². The van der Waals surface area contributed by atoms with Crippen LogP contribution in [0.3, 0.4) is 0 Å². The van der Waals surface area contributed by atoms with Crippen LogP contribution in [-0.4, -0.2) is 35.9 Å². The fraction of sp³-hybridized carbons (Fsp3) is 0.207. The first-order valence-corrected chi connectivity index (χ1v) is 13.3. The summed E-state index contributed by atoms with van der Waals surface area (Å²) in [6.45, 7) is 0. The van der Waals surface area contributed by atoms with Gasteiger partial charge in [-0.05, 0) is 73.0 Å². The third kappa shape index (κ3) is 8.08. The molecule has 0 bridgehead atoms. The highest BCUT2D eigenvalue weighted by Crippen LogP contribution is 2.20. The third-order valence-corrected chi connectivity index (χ3v) is 6.59. The van der Waals surface area contributed by atoms with E-state index in [0.717, 1.165) is 30.2 Å². The molecule has 0 saturated heterocycles. The summed E-state index contributed by atoms with van der Waals surface area (Å²) >= 11 is 3.32. The van der Waals surface area contributed by atoms with Gasteiger partial charge in [-0.3, -0.25) is 14.4 Å². The number of hydrogen-bond acceptors (Lipinski definition) is 6. The minimum absolute atomic E-state index is 0.111. The van der Waals surface area contributed by atoms with Crippen LogP contribution in [0.15, 0.2) is 82.4 Å². The van der Waals surface area contributed by atoms with Crippen molar-refractivity contribution in [3.8, 4) is 5.75 Å². The van der Waals surface area contributed by atoms with Crippen molar-refractivity contribution in [3.63, 3.8) is 0 Å². The number of amides is 3. The summed E-state index contributed by atoms with van der Waals surface area (Å²) in [6, 6.07) is 19.9. The second-order valence-electron chi connectivity index (χ2n) is 8.98. The van der Waals surface area contributed by atoms with Gasteiger partial charge < -0.3 is 15.4 Å². The molecular formula is C29H27BrN4O5. The highest BCUT2D eigenvalue weighted by atomic mass is 79.9. The van der Waals surface area contributed by atoms with E-state index in [0.29, 0.717) is 16.9 Å². The number of nitrogens with zero attached hydrogens (tertiary/aromatic N) is 1. The van der Waals surface area contributed by atoms with Crippen molar-refractivity contribution in [1.29, 1.82) is 0 Å². The van der Waals surface area contributed by atoms with Crippen LogP contribution in [0, 0.1) is 0 Å². The Morgan fingerprint density at radius 2 is 1.62 bits per heavy atom. The summed E-state index contributed by atoms with van der Waals surface area (Å²) in [7, 11) is 0. The molecule has 3 aromatic carbocycles. The van der Waals surface area contributed by atoms with Crippen molar-refractivity contribution in [2.45, 2.75) is 38.1 Å². The zero-order valence-corrected chi connectivity index (χ0v) is 22.6. The molecule has 0 aromatic heterocycles. The molecular weight excluding hydrogens is 564 g/mol. The van der Waals surface area contributed by atoms with E-state index in [-0.39, 0.29) is 23.2 Å². The Bertz CT molecular complexity index is 1380. The van der Waals surface area contributed by atoms with Crippen LogP contribution in [0.2, 0.25) is 0 Å². The van der Waals surface area contributed by atoms with E-state index in [1.165, 1.54) is 12.6 Å². The number of halogens is 1. The number of hydrazone groups is 1. The average molecular weight is 591 g/mol. The van der Waals surface area contributed by atoms with Gasteiger partial charge in [-0.25, -0.2) is 10.2 Å². The molecule has 1 saturated carbocycles. The number of ether oxygens (including phenoxy) is 1. The van der Waals surface area contributed by atoms with Gasteiger partial charge in [0.1, 0.15) is 5.75 Å². The Hall–Kier alpha value is -4.31. The fourth-order valence-electron chi connectivity index (χ4n) is 4.10. The largest absolute Gasteiger partial charge is 0.423 e. The molecule has 0 radical (unpaired) electrons. The molecule has 3 N–H and O–H groups in total. The van der Waals surface area contributed by atoms with E-state index in [2.05, 4.69) is 37.1 Å². The van der Waals surface area contributed by atoms with E-state index in [1.54, 1.807) is 66.7 Å². The van der Waals surface area contributed by atoms with Crippen LogP contribution in [-0.2, 0) is 9.59 Å². The van der Waals surface area contributed by atoms with Crippen molar-refractivity contribution in [1.82, 2.24) is 10.7 Å². The molecule has 3 aromatic rings. The minimum atomic E-state index is -0.992. The Balaban J connectivity index is 1.28. The Morgan fingerprint density at radius 3 is 2.36 bits per heavy atom. The number of rotatable bonds is 7. The van der Waals surface area contributed by atoms with Gasteiger partial charge in [-0.1, -0.05) is 53.4 Å². The second-order valence-corrected chi connectivity index (χ2v) is 9.89. The van der Waals surface area contributed by atoms with Crippen LogP contribution in [0.1, 0.15) is 58.4 Å². The van der Waals surface area contributed by atoms with Crippen LogP contribution in [0.25, 0.3) is 0 Å². The molecule has 3 amide bonds. The van der Waals surface area contributed by atoms with Crippen molar-refractivity contribution in [2.24, 2.45) is 5.10 Å². The number of benzene rings is 3. The lowest BCUT2D eigenvalue weighted by Gasteiger charge is -2.23. The topological polar surface area (TPSA) is 126 Å². The molecule has 10 heteroatoms. The van der Waals surface area contributed by atoms with E-state index < -0.39 is 17.8 Å². The van der Waals surface area contributed by atoms with Crippen LogP contribution in [0.4, 0.5) is 5.69 Å². The number of hydrogen-bond donors (Lipinski definition) is 3. The third-order valence-electron chi connectivity index (χ3n) is 6.10. The molecule has 1 aliphatic rings. The lowest BCUT2D eigenvalue weighted by atomic mass is 9.95. The first-order valence-electron chi connectivity index (χ1n) is 12.5. The molecule has 39 heavy (non-hydrogen) atoms. The van der Waals surface area contributed by atoms with Crippen molar-refractivity contribution >= 4 is 51.5 Å². The van der Waals surface area contributed by atoms with E-state index in [9.17, 15) is 19.2 Å². The SMILES string of the molecule is O=C(N/N=C/c1ccc(OC(=O)c2cccc(Br)c2)cc1)C(=O)Nc1ccccc1C(=O)NC1CCCCC1. The standard InChI is InChI=1S/C29H27BrN4O5/c30-21-8-6-7-20(17-21)29(38)39-23-15-13-19(14-16-23)18-31-34-28(37)27(36)33-25-12-5-4-11-24(25)26(35)32-22-9-2-1-3-10-22/h4-8,11-18,22H,1-3,9-10H2,(H,32,35)(H,33,36)(H,34,37)/b31-18+. The number of nitrogens with one attached hydrogen (secondary N) is 3. The number of anilines is 1. The monoisotopic (exact) mass is 590 g/mol. The van der Waals surface area contributed by atoms with E-state index >= 15 is 0 Å². The van der Waals surface area contributed by atoms with Crippen LogP contribution in [0.5, 0.6) is 5.75 Å². The maximum absolute atomic E-state index is 12.8. The molecule has 4 rings (SSSR count). The average Bonchev–Trinajstić information content (AvgIpc) is 2.94. The maximum atomic E-state index is 12.8. The van der Waals surface area contributed by atoms with Gasteiger partial charge in [-0.15, -0.1) is 0 Å². The fourth-order valence-corrected chi connectivity index (χ4v) is 4.50. The quantitative estimate of drug-likeness (QED) is 0.120. The van der Waals surface area contributed by atoms with Gasteiger partial charge >= 0.3 is 17.8 Å². The molecule has 0 spiro atoms. The lowest BCUT2D eigenvalue weighted by Crippen LogP contribution is -2.37. The Labute approximate surface area is 234 Å². The number of carbonyl (C=O) groups excluding carboxylic acids is 4. The molecule has 0 unspecified atom stereocenters. The smallest absolute Gasteiger partial charge is 0.343 e. The van der Waals surface area contributed by atoms with Gasteiger partial charge in [0.25, 0.3) is 5.91 Å². The van der Waals surface area contributed by atoms with Crippen molar-refractivity contribution in [3.05, 3.63) is 94.0 Å². The van der Waals surface area contributed by atoms with Gasteiger partial charge in [0, 0.05) is 10.5 Å². The van der Waals surface area contributed by atoms with Gasteiger partial charge in [0.2, 0.25) is 0 Å². The molecule has 0 atom stereocenters. The number of esters is 1. The van der Waals surface area contributed by atoms with E-state index in [1.807, 2.05) is 6.07 Å². The predicted molar refractivity (Wildman–Crippen MR) is 151 cm³/mol. The van der Waals surface area contributed by atoms with Crippen molar-refractivity contribution in [2.75, 3.05) is 5.32 Å². The molecule has 200 valence electrons. The normalized spacial score (nSPS) is 13.5. The minimum Gasteiger partial charge on any atom is -0.423 e. The van der Waals surface area contributed by atoms with Gasteiger partial charge in [0.05, 0.1) is 23.0 Å². The van der Waals surface area contributed by atoms with Gasteiger partial charge in [0.15, 0.2) is 0 Å². The molecule has 1 fully saturated rings. The summed E-state index contributed by atoms with van der Waals surface area (Å²) in [6.07, 6.45) is 6.53. The Kier molecular flexibility index (Phi) is 9.58. The van der Waals surface area contributed by atoms with Crippen LogP contribution >= 0.6 is 15.9 Å². The molecule has 0 heterocycles. The van der Waals surface area contributed by atoms with Crippen molar-refractivity contribution < 1.29 is 23.9 Å². The first-order chi connectivity index (χ1) is 18.9. The molecule has 9 nitrogen and oxygen atoms in total. The number of carbonyl (C=O) groups is 4.